The summed E-state index contributed by atoms with van der Waals surface area (Å²) in [6.45, 7) is 2.84. The molecule has 1 atom stereocenters. The van der Waals surface area contributed by atoms with Gasteiger partial charge >= 0.3 is 35.5 Å². The Morgan fingerprint density at radius 3 is 2.12 bits per heavy atom. The van der Waals surface area contributed by atoms with Crippen molar-refractivity contribution in [2.45, 2.75) is 19.9 Å². The second-order valence-corrected chi connectivity index (χ2v) is 3.24. The molecule has 1 unspecified atom stereocenters. The second-order valence-electron chi connectivity index (χ2n) is 3.24. The number of anilines is 1. The molecule has 0 aliphatic carbocycles. The van der Waals surface area contributed by atoms with E-state index in [1.165, 1.54) is 18.7 Å². The summed E-state index contributed by atoms with van der Waals surface area (Å²) >= 11 is 0. The Morgan fingerprint density at radius 2 is 1.75 bits per heavy atom. The Bertz CT molecular complexity index is 367. The molecule has 0 radical (unpaired) electrons. The summed E-state index contributed by atoms with van der Waals surface area (Å²) in [5, 5.41) is 8.87. The molecule has 16 heavy (non-hydrogen) atoms. The number of carbonyl (C=O) groups is 2. The first kappa shape index (κ1) is 15.2. The van der Waals surface area contributed by atoms with Crippen LogP contribution in [-0.4, -0.2) is 52.6 Å². The number of carboxylic acids is 1. The van der Waals surface area contributed by atoms with E-state index in [0.717, 1.165) is 0 Å². The number of nitrogens with zero attached hydrogens (tertiary/aromatic N) is 1. The van der Waals surface area contributed by atoms with Gasteiger partial charge in [0.05, 0.1) is 0 Å². The summed E-state index contributed by atoms with van der Waals surface area (Å²) in [6.07, 6.45) is 0. The topological polar surface area (TPSA) is 57.6 Å². The van der Waals surface area contributed by atoms with Crippen molar-refractivity contribution in [2.75, 3.05) is 4.90 Å². The van der Waals surface area contributed by atoms with Crippen molar-refractivity contribution < 1.29 is 14.7 Å². The molecule has 1 aromatic rings. The summed E-state index contributed by atoms with van der Waals surface area (Å²) in [7, 11) is 0. The van der Waals surface area contributed by atoms with E-state index >= 15 is 0 Å². The van der Waals surface area contributed by atoms with Crippen LogP contribution in [0.15, 0.2) is 30.3 Å². The number of hydrogen-bond donors (Lipinski definition) is 1. The quantitative estimate of drug-likeness (QED) is 0.785. The number of amides is 1. The van der Waals surface area contributed by atoms with Crippen LogP contribution in [-0.2, 0) is 9.59 Å². The Morgan fingerprint density at radius 1 is 1.25 bits per heavy atom. The van der Waals surface area contributed by atoms with Gasteiger partial charge in [0.1, 0.15) is 6.04 Å². The van der Waals surface area contributed by atoms with E-state index in [-0.39, 0.29) is 35.5 Å². The molecule has 0 aliphatic rings. The normalized spacial score (nSPS) is 11.1. The minimum absolute atomic E-state index is 0. The Balaban J connectivity index is 0.00000225. The molecular formula is C11H14NNaO3. The first-order valence-electron chi connectivity index (χ1n) is 4.61. The molecule has 0 heterocycles. The van der Waals surface area contributed by atoms with Crippen LogP contribution in [0.2, 0.25) is 0 Å². The molecule has 0 fully saturated rings. The predicted molar refractivity (Wildman–Crippen MR) is 63.8 cm³/mol. The maximum absolute atomic E-state index is 11.4. The van der Waals surface area contributed by atoms with Gasteiger partial charge in [-0.15, -0.1) is 0 Å². The van der Waals surface area contributed by atoms with Crippen molar-refractivity contribution in [3.05, 3.63) is 30.3 Å². The van der Waals surface area contributed by atoms with Crippen LogP contribution in [0.5, 0.6) is 0 Å². The van der Waals surface area contributed by atoms with Gasteiger partial charge in [0, 0.05) is 12.6 Å². The number of para-hydroxylation sites is 1. The van der Waals surface area contributed by atoms with Gasteiger partial charge in [-0.05, 0) is 19.1 Å². The Labute approximate surface area is 117 Å². The van der Waals surface area contributed by atoms with E-state index in [2.05, 4.69) is 0 Å². The van der Waals surface area contributed by atoms with Gasteiger partial charge in [-0.3, -0.25) is 9.69 Å². The van der Waals surface area contributed by atoms with Crippen molar-refractivity contribution >= 4 is 47.1 Å². The zero-order chi connectivity index (χ0) is 11.4. The fourth-order valence-corrected chi connectivity index (χ4v) is 1.38. The van der Waals surface area contributed by atoms with Gasteiger partial charge in [-0.1, -0.05) is 18.2 Å². The molecule has 4 nitrogen and oxygen atoms in total. The number of carboxylic acid groups (broad SMARTS) is 1. The summed E-state index contributed by atoms with van der Waals surface area (Å²) < 4.78 is 0. The van der Waals surface area contributed by atoms with Crippen molar-refractivity contribution in [3.8, 4) is 0 Å². The van der Waals surface area contributed by atoms with Crippen molar-refractivity contribution in [2.24, 2.45) is 0 Å². The average Bonchev–Trinajstić information content (AvgIpc) is 2.18. The molecule has 1 rings (SSSR count). The third-order valence-electron chi connectivity index (χ3n) is 2.12. The van der Waals surface area contributed by atoms with Crippen LogP contribution in [0.4, 0.5) is 5.69 Å². The number of hydrogen-bond acceptors (Lipinski definition) is 2. The van der Waals surface area contributed by atoms with Crippen molar-refractivity contribution in [1.82, 2.24) is 0 Å². The fourth-order valence-electron chi connectivity index (χ4n) is 1.38. The number of benzene rings is 1. The van der Waals surface area contributed by atoms with E-state index in [9.17, 15) is 9.59 Å². The van der Waals surface area contributed by atoms with Crippen LogP contribution < -0.4 is 4.90 Å². The summed E-state index contributed by atoms with van der Waals surface area (Å²) in [5.74, 6) is -1.30. The molecule has 1 aromatic carbocycles. The molecule has 0 aromatic heterocycles. The van der Waals surface area contributed by atoms with Gasteiger partial charge in [-0.2, -0.15) is 0 Å². The maximum atomic E-state index is 11.4. The number of carbonyl (C=O) groups excluding carboxylic acids is 1. The average molecular weight is 231 g/mol. The molecule has 1 amide bonds. The molecule has 0 saturated carbocycles. The molecule has 82 valence electrons. The monoisotopic (exact) mass is 231 g/mol. The SMILES string of the molecule is CC(=O)N(c1ccccc1)C(C)C(=O)O.[NaH]. The predicted octanol–water partition coefficient (Wildman–Crippen LogP) is 0.864. The Kier molecular flexibility index (Phi) is 6.33. The van der Waals surface area contributed by atoms with Gasteiger partial charge < -0.3 is 5.11 Å². The van der Waals surface area contributed by atoms with Gasteiger partial charge in [-0.25, -0.2) is 4.79 Å². The number of aliphatic carboxylic acids is 1. The van der Waals surface area contributed by atoms with Gasteiger partial charge in [0.25, 0.3) is 0 Å². The summed E-state index contributed by atoms with van der Waals surface area (Å²) in [5.41, 5.74) is 0.597. The molecule has 0 spiro atoms. The van der Waals surface area contributed by atoms with E-state index in [1.54, 1.807) is 24.3 Å². The Hall–Kier alpha value is -0.840. The minimum atomic E-state index is -1.02. The first-order chi connectivity index (χ1) is 7.04. The zero-order valence-corrected chi connectivity index (χ0v) is 8.68. The zero-order valence-electron chi connectivity index (χ0n) is 8.68. The summed E-state index contributed by atoms with van der Waals surface area (Å²) in [4.78, 5) is 23.4. The fraction of sp³-hybridized carbons (Fsp3) is 0.273. The van der Waals surface area contributed by atoms with Crippen LogP contribution in [0.1, 0.15) is 13.8 Å². The second kappa shape index (κ2) is 6.68. The van der Waals surface area contributed by atoms with Crippen LogP contribution >= 0.6 is 0 Å². The third-order valence-corrected chi connectivity index (χ3v) is 2.12. The van der Waals surface area contributed by atoms with Crippen molar-refractivity contribution in [1.29, 1.82) is 0 Å². The molecule has 5 heteroatoms. The molecule has 1 N–H and O–H groups in total. The van der Waals surface area contributed by atoms with Crippen LogP contribution in [0.25, 0.3) is 0 Å². The van der Waals surface area contributed by atoms with E-state index in [0.29, 0.717) is 5.69 Å². The van der Waals surface area contributed by atoms with Gasteiger partial charge in [0.15, 0.2) is 0 Å². The van der Waals surface area contributed by atoms with Crippen LogP contribution in [0, 0.1) is 0 Å². The van der Waals surface area contributed by atoms with Crippen LogP contribution in [0.3, 0.4) is 0 Å². The molecule has 0 saturated heterocycles. The standard InChI is InChI=1S/C11H13NO3.Na.H/c1-8(11(14)15)12(9(2)13)10-6-4-3-5-7-10;;/h3-8H,1-2H3,(H,14,15);;. The molecule has 0 bridgehead atoms. The third kappa shape index (κ3) is 3.63. The number of rotatable bonds is 3. The van der Waals surface area contributed by atoms with Gasteiger partial charge in [0.2, 0.25) is 5.91 Å². The van der Waals surface area contributed by atoms with E-state index in [1.807, 2.05) is 6.07 Å². The summed E-state index contributed by atoms with van der Waals surface area (Å²) in [6, 6.07) is 7.90. The van der Waals surface area contributed by atoms with E-state index in [4.69, 9.17) is 5.11 Å². The van der Waals surface area contributed by atoms with E-state index < -0.39 is 12.0 Å². The van der Waals surface area contributed by atoms with Crippen molar-refractivity contribution in [3.63, 3.8) is 0 Å². The molecular weight excluding hydrogens is 217 g/mol. The first-order valence-corrected chi connectivity index (χ1v) is 4.61. The molecule has 0 aliphatic heterocycles.